The normalized spacial score (nSPS) is 11.0. The van der Waals surface area contributed by atoms with Crippen LogP contribution in [0.3, 0.4) is 0 Å². The van der Waals surface area contributed by atoms with Crippen molar-refractivity contribution in [3.8, 4) is 23.1 Å². The molecule has 0 unspecified atom stereocenters. The van der Waals surface area contributed by atoms with Gasteiger partial charge in [-0.2, -0.15) is 5.10 Å². The monoisotopic (exact) mass is 514 g/mol. The first-order valence-electron chi connectivity index (χ1n) is 9.46. The van der Waals surface area contributed by atoms with Gasteiger partial charge in [0.1, 0.15) is 5.69 Å². The Labute approximate surface area is 190 Å². The molecule has 0 spiro atoms. The summed E-state index contributed by atoms with van der Waals surface area (Å²) in [5, 5.41) is 19.3. The van der Waals surface area contributed by atoms with E-state index in [1.165, 1.54) is 9.64 Å². The molecular weight excluding hydrogens is 491 g/mol. The third-order valence-electron chi connectivity index (χ3n) is 4.27. The third-order valence-corrected chi connectivity index (χ3v) is 4.99. The Morgan fingerprint density at radius 1 is 1.20 bits per heavy atom. The van der Waals surface area contributed by atoms with Gasteiger partial charge in [-0.3, -0.25) is 14.8 Å². The van der Waals surface area contributed by atoms with E-state index in [0.29, 0.717) is 17.8 Å². The van der Waals surface area contributed by atoms with Gasteiger partial charge in [0.05, 0.1) is 10.5 Å². The smallest absolute Gasteiger partial charge is 0.270 e. The predicted octanol–water partition coefficient (Wildman–Crippen LogP) is 5.61. The average molecular weight is 514 g/mol. The summed E-state index contributed by atoms with van der Waals surface area (Å²) in [7, 11) is 1.82. The Bertz CT molecular complexity index is 1130. The summed E-state index contributed by atoms with van der Waals surface area (Å²) in [6.07, 6.45) is 1.84. The minimum Gasteiger partial charge on any atom is -0.380 e. The number of hydrogen-bond acceptors (Lipinski definition) is 4. The highest BCUT2D eigenvalue weighted by Gasteiger charge is 2.18. The summed E-state index contributed by atoms with van der Waals surface area (Å²) in [5.74, 6) is 6.42. The summed E-state index contributed by atoms with van der Waals surface area (Å²) in [6, 6.07) is 13.0. The van der Waals surface area contributed by atoms with Gasteiger partial charge in [0.25, 0.3) is 5.69 Å². The number of benzene rings is 2. The van der Waals surface area contributed by atoms with E-state index < -0.39 is 4.92 Å². The van der Waals surface area contributed by atoms with Crippen LogP contribution >= 0.6 is 22.6 Å². The van der Waals surface area contributed by atoms with Gasteiger partial charge in [0.2, 0.25) is 0 Å². The minimum absolute atomic E-state index is 0.0187. The van der Waals surface area contributed by atoms with Crippen LogP contribution in [0.15, 0.2) is 48.7 Å². The number of nitro benzene ring substituents is 1. The second-order valence-electron chi connectivity index (χ2n) is 8.03. The number of aryl methyl sites for hydroxylation is 1. The highest BCUT2D eigenvalue weighted by atomic mass is 127. The van der Waals surface area contributed by atoms with Crippen molar-refractivity contribution in [1.29, 1.82) is 0 Å². The van der Waals surface area contributed by atoms with Gasteiger partial charge in [-0.1, -0.05) is 24.0 Å². The fourth-order valence-corrected chi connectivity index (χ4v) is 3.19. The molecule has 0 radical (unpaired) electrons. The van der Waals surface area contributed by atoms with Crippen molar-refractivity contribution >= 4 is 34.0 Å². The molecule has 0 fully saturated rings. The zero-order chi connectivity index (χ0) is 21.9. The van der Waals surface area contributed by atoms with Crippen molar-refractivity contribution in [3.05, 3.63) is 73.5 Å². The number of non-ortho nitro benzene ring substituents is 1. The van der Waals surface area contributed by atoms with E-state index in [1.807, 2.05) is 46.1 Å². The molecule has 1 aromatic heterocycles. The second kappa shape index (κ2) is 8.88. The molecule has 0 bridgehead atoms. The van der Waals surface area contributed by atoms with Crippen LogP contribution in [-0.2, 0) is 13.6 Å². The lowest BCUT2D eigenvalue weighted by Crippen LogP contribution is -2.03. The zero-order valence-corrected chi connectivity index (χ0v) is 19.5. The van der Waals surface area contributed by atoms with E-state index in [0.717, 1.165) is 16.8 Å². The van der Waals surface area contributed by atoms with Gasteiger partial charge in [-0.25, -0.2) is 0 Å². The minimum atomic E-state index is -0.393. The Morgan fingerprint density at radius 2 is 1.90 bits per heavy atom. The Kier molecular flexibility index (Phi) is 6.46. The zero-order valence-electron chi connectivity index (χ0n) is 17.4. The van der Waals surface area contributed by atoms with Crippen molar-refractivity contribution in [3.63, 3.8) is 0 Å². The number of hydrogen-bond donors (Lipinski definition) is 1. The third kappa shape index (κ3) is 5.60. The number of rotatable bonds is 5. The van der Waals surface area contributed by atoms with Crippen LogP contribution in [0.4, 0.5) is 11.4 Å². The van der Waals surface area contributed by atoms with E-state index in [2.05, 4.69) is 57.0 Å². The van der Waals surface area contributed by atoms with Crippen molar-refractivity contribution in [2.45, 2.75) is 27.3 Å². The standard InChI is InChI=1S/C23H23IN4O2/c1-23(2,3)12-11-17-15-27(4)26-22(17)20-13-19(28(29)30)9-10-21(20)25-14-16-5-7-18(24)8-6-16/h5-10,13,15,25H,14H2,1-4H3. The maximum Gasteiger partial charge on any atom is 0.270 e. The predicted molar refractivity (Wildman–Crippen MR) is 128 cm³/mol. The number of nitro groups is 1. The summed E-state index contributed by atoms with van der Waals surface area (Å²) in [4.78, 5) is 11.0. The highest BCUT2D eigenvalue weighted by molar-refractivity contribution is 14.1. The fraction of sp³-hybridized carbons (Fsp3) is 0.261. The van der Waals surface area contributed by atoms with Gasteiger partial charge < -0.3 is 5.32 Å². The molecule has 6 nitrogen and oxygen atoms in total. The van der Waals surface area contributed by atoms with Crippen LogP contribution in [0.5, 0.6) is 0 Å². The van der Waals surface area contributed by atoms with E-state index in [4.69, 9.17) is 0 Å². The van der Waals surface area contributed by atoms with Gasteiger partial charge in [0, 0.05) is 52.2 Å². The molecule has 2 aromatic carbocycles. The SMILES string of the molecule is Cn1cc(C#CC(C)(C)C)c(-c2cc([N+](=O)[O-])ccc2NCc2ccc(I)cc2)n1. The number of nitrogens with zero attached hydrogens (tertiary/aromatic N) is 3. The van der Waals surface area contributed by atoms with Gasteiger partial charge in [0.15, 0.2) is 0 Å². The van der Waals surface area contributed by atoms with E-state index >= 15 is 0 Å². The van der Waals surface area contributed by atoms with E-state index in [-0.39, 0.29) is 11.1 Å². The molecule has 0 saturated carbocycles. The Morgan fingerprint density at radius 3 is 2.53 bits per heavy atom. The topological polar surface area (TPSA) is 73.0 Å². The lowest BCUT2D eigenvalue weighted by atomic mass is 9.97. The number of halogens is 1. The van der Waals surface area contributed by atoms with Crippen LogP contribution < -0.4 is 5.32 Å². The first-order valence-corrected chi connectivity index (χ1v) is 10.5. The van der Waals surface area contributed by atoms with Crippen LogP contribution in [0.1, 0.15) is 31.9 Å². The van der Waals surface area contributed by atoms with Crippen molar-refractivity contribution < 1.29 is 4.92 Å². The molecule has 1 heterocycles. The summed E-state index contributed by atoms with van der Waals surface area (Å²) >= 11 is 2.27. The molecular formula is C23H23IN4O2. The van der Waals surface area contributed by atoms with Gasteiger partial charge >= 0.3 is 0 Å². The quantitative estimate of drug-likeness (QED) is 0.208. The lowest BCUT2D eigenvalue weighted by Gasteiger charge is -2.12. The molecule has 30 heavy (non-hydrogen) atoms. The van der Waals surface area contributed by atoms with E-state index in [1.54, 1.807) is 16.8 Å². The number of anilines is 1. The summed E-state index contributed by atoms with van der Waals surface area (Å²) in [6.45, 7) is 6.71. The molecule has 0 aliphatic carbocycles. The van der Waals surface area contributed by atoms with Crippen LogP contribution in [-0.4, -0.2) is 14.7 Å². The molecule has 3 aromatic rings. The fourth-order valence-electron chi connectivity index (χ4n) is 2.83. The first kappa shape index (κ1) is 21.8. The van der Waals surface area contributed by atoms with E-state index in [9.17, 15) is 10.1 Å². The maximum absolute atomic E-state index is 11.4. The van der Waals surface area contributed by atoms with Crippen LogP contribution in [0.25, 0.3) is 11.3 Å². The van der Waals surface area contributed by atoms with Crippen molar-refractivity contribution in [2.24, 2.45) is 12.5 Å². The molecule has 0 amide bonds. The van der Waals surface area contributed by atoms with Crippen molar-refractivity contribution in [1.82, 2.24) is 9.78 Å². The van der Waals surface area contributed by atoms with Crippen molar-refractivity contribution in [2.75, 3.05) is 5.32 Å². The molecule has 0 aliphatic heterocycles. The highest BCUT2D eigenvalue weighted by Crippen LogP contribution is 2.33. The maximum atomic E-state index is 11.4. The molecule has 7 heteroatoms. The molecule has 0 saturated heterocycles. The van der Waals surface area contributed by atoms with Crippen LogP contribution in [0.2, 0.25) is 0 Å². The van der Waals surface area contributed by atoms with Crippen LogP contribution in [0, 0.1) is 30.9 Å². The Hall–Kier alpha value is -2.86. The largest absolute Gasteiger partial charge is 0.380 e. The summed E-state index contributed by atoms with van der Waals surface area (Å²) in [5.41, 5.74) is 3.78. The van der Waals surface area contributed by atoms with Gasteiger partial charge in [-0.15, -0.1) is 0 Å². The molecule has 1 N–H and O–H groups in total. The lowest BCUT2D eigenvalue weighted by molar-refractivity contribution is -0.384. The van der Waals surface area contributed by atoms with Gasteiger partial charge in [-0.05, 0) is 67.1 Å². The number of nitrogens with one attached hydrogen (secondary N) is 1. The molecule has 3 rings (SSSR count). The average Bonchev–Trinajstić information content (AvgIpc) is 3.06. The molecule has 154 valence electrons. The first-order chi connectivity index (χ1) is 14.1. The second-order valence-corrected chi connectivity index (χ2v) is 9.28. The summed E-state index contributed by atoms with van der Waals surface area (Å²) < 4.78 is 2.85. The molecule has 0 atom stereocenters. The Balaban J connectivity index is 2.04. The number of aromatic nitrogens is 2. The molecule has 0 aliphatic rings.